The second-order valence-corrected chi connectivity index (χ2v) is 5.52. The van der Waals surface area contributed by atoms with E-state index in [-0.39, 0.29) is 0 Å². The van der Waals surface area contributed by atoms with Gasteiger partial charge in [-0.05, 0) is 44.6 Å². The SMILES string of the molecule is CCn1nc(C)cc1CC(=O)C1C2CCCC21. The molecule has 1 aromatic heterocycles. The van der Waals surface area contributed by atoms with E-state index in [1.165, 1.54) is 19.3 Å². The maximum atomic E-state index is 12.2. The Balaban J connectivity index is 1.68. The molecule has 3 nitrogen and oxygen atoms in total. The van der Waals surface area contributed by atoms with Crippen molar-refractivity contribution < 1.29 is 4.79 Å². The van der Waals surface area contributed by atoms with E-state index in [4.69, 9.17) is 0 Å². The number of rotatable bonds is 4. The van der Waals surface area contributed by atoms with Gasteiger partial charge in [-0.3, -0.25) is 9.48 Å². The zero-order chi connectivity index (χ0) is 12.0. The van der Waals surface area contributed by atoms with Gasteiger partial charge in [-0.15, -0.1) is 0 Å². The van der Waals surface area contributed by atoms with Crippen LogP contribution in [0.4, 0.5) is 0 Å². The molecule has 1 aromatic rings. The number of fused-ring (bicyclic) bond motifs is 1. The van der Waals surface area contributed by atoms with Crippen LogP contribution in [-0.4, -0.2) is 15.6 Å². The molecule has 0 saturated heterocycles. The van der Waals surface area contributed by atoms with Crippen molar-refractivity contribution in [2.45, 2.75) is 46.1 Å². The first-order chi connectivity index (χ1) is 8.20. The Bertz CT molecular complexity index is 439. The zero-order valence-electron chi connectivity index (χ0n) is 10.6. The van der Waals surface area contributed by atoms with E-state index < -0.39 is 0 Å². The van der Waals surface area contributed by atoms with Crippen molar-refractivity contribution in [3.05, 3.63) is 17.5 Å². The van der Waals surface area contributed by atoms with Gasteiger partial charge in [0.25, 0.3) is 0 Å². The van der Waals surface area contributed by atoms with Gasteiger partial charge in [0.2, 0.25) is 0 Å². The lowest BCUT2D eigenvalue weighted by molar-refractivity contribution is -0.120. The Morgan fingerprint density at radius 1 is 1.47 bits per heavy atom. The minimum atomic E-state index is 0.393. The standard InChI is InChI=1S/C14H20N2O/c1-3-16-10(7-9(2)15-16)8-13(17)14-11-5-4-6-12(11)14/h7,11-12,14H,3-6,8H2,1-2H3. The molecule has 1 heterocycles. The van der Waals surface area contributed by atoms with Crippen molar-refractivity contribution in [1.29, 1.82) is 0 Å². The Labute approximate surface area is 102 Å². The van der Waals surface area contributed by atoms with Crippen molar-refractivity contribution in [2.24, 2.45) is 17.8 Å². The molecule has 0 bridgehead atoms. The largest absolute Gasteiger partial charge is 0.299 e. The van der Waals surface area contributed by atoms with Gasteiger partial charge in [0.05, 0.1) is 5.69 Å². The number of hydrogen-bond acceptors (Lipinski definition) is 2. The first-order valence-corrected chi connectivity index (χ1v) is 6.76. The summed E-state index contributed by atoms with van der Waals surface area (Å²) in [5.74, 6) is 2.32. The van der Waals surface area contributed by atoms with Crippen LogP contribution in [0.25, 0.3) is 0 Å². The summed E-state index contributed by atoms with van der Waals surface area (Å²) in [7, 11) is 0. The monoisotopic (exact) mass is 232 g/mol. The summed E-state index contributed by atoms with van der Waals surface area (Å²) in [6, 6.07) is 2.06. The van der Waals surface area contributed by atoms with Crippen molar-refractivity contribution in [2.75, 3.05) is 0 Å². The maximum absolute atomic E-state index is 12.2. The Morgan fingerprint density at radius 2 is 2.18 bits per heavy atom. The third-order valence-corrected chi connectivity index (χ3v) is 4.42. The number of Topliss-reactive ketones (excluding diaryl/α,β-unsaturated/α-hetero) is 1. The van der Waals surface area contributed by atoms with Crippen molar-refractivity contribution >= 4 is 5.78 Å². The fourth-order valence-corrected chi connectivity index (χ4v) is 3.61. The topological polar surface area (TPSA) is 34.9 Å². The molecule has 0 aliphatic heterocycles. The van der Waals surface area contributed by atoms with Crippen LogP contribution in [0.15, 0.2) is 6.07 Å². The van der Waals surface area contributed by atoms with Gasteiger partial charge in [-0.2, -0.15) is 5.10 Å². The van der Waals surface area contributed by atoms with Crippen molar-refractivity contribution in [3.63, 3.8) is 0 Å². The molecule has 2 aliphatic rings. The molecule has 2 fully saturated rings. The van der Waals surface area contributed by atoms with Gasteiger partial charge in [0.15, 0.2) is 0 Å². The van der Waals surface area contributed by atoms with Gasteiger partial charge >= 0.3 is 0 Å². The molecule has 0 N–H and O–H groups in total. The second-order valence-electron chi connectivity index (χ2n) is 5.52. The maximum Gasteiger partial charge on any atom is 0.142 e. The normalized spacial score (nSPS) is 30.4. The molecular weight excluding hydrogens is 212 g/mol. The van der Waals surface area contributed by atoms with Crippen molar-refractivity contribution in [1.82, 2.24) is 9.78 Å². The number of ketones is 1. The lowest BCUT2D eigenvalue weighted by atomic mass is 10.0. The van der Waals surface area contributed by atoms with Crippen LogP contribution >= 0.6 is 0 Å². The average Bonchev–Trinajstić information content (AvgIpc) is 2.66. The minimum absolute atomic E-state index is 0.393. The quantitative estimate of drug-likeness (QED) is 0.798. The van der Waals surface area contributed by atoms with Gasteiger partial charge in [0, 0.05) is 24.6 Å². The first-order valence-electron chi connectivity index (χ1n) is 6.76. The molecule has 3 heteroatoms. The number of carbonyl (C=O) groups excluding carboxylic acids is 1. The Kier molecular flexibility index (Phi) is 2.57. The number of aryl methyl sites for hydroxylation is 2. The summed E-state index contributed by atoms with van der Waals surface area (Å²) in [6.07, 6.45) is 4.50. The molecule has 2 saturated carbocycles. The lowest BCUT2D eigenvalue weighted by Gasteiger charge is -2.05. The van der Waals surface area contributed by atoms with Crippen molar-refractivity contribution in [3.8, 4) is 0 Å². The van der Waals surface area contributed by atoms with Gasteiger partial charge in [-0.25, -0.2) is 0 Å². The number of hydrogen-bond donors (Lipinski definition) is 0. The summed E-state index contributed by atoms with van der Waals surface area (Å²) in [4.78, 5) is 12.2. The zero-order valence-corrected chi connectivity index (χ0v) is 10.6. The van der Waals surface area contributed by atoms with Crippen LogP contribution in [0, 0.1) is 24.7 Å². The lowest BCUT2D eigenvalue weighted by Crippen LogP contribution is -2.13. The highest BCUT2D eigenvalue weighted by molar-refractivity contribution is 5.86. The van der Waals surface area contributed by atoms with Crippen LogP contribution in [0.5, 0.6) is 0 Å². The minimum Gasteiger partial charge on any atom is -0.299 e. The highest BCUT2D eigenvalue weighted by Crippen LogP contribution is 2.58. The highest BCUT2D eigenvalue weighted by Gasteiger charge is 2.55. The van der Waals surface area contributed by atoms with E-state index in [0.29, 0.717) is 18.1 Å². The fourth-order valence-electron chi connectivity index (χ4n) is 3.61. The molecule has 2 unspecified atom stereocenters. The third kappa shape index (κ3) is 1.81. The molecule has 0 spiro atoms. The molecule has 2 atom stereocenters. The predicted molar refractivity (Wildman–Crippen MR) is 65.7 cm³/mol. The van der Waals surface area contributed by atoms with Crippen LogP contribution in [0.2, 0.25) is 0 Å². The van der Waals surface area contributed by atoms with E-state index in [1.807, 2.05) is 11.6 Å². The van der Waals surface area contributed by atoms with Gasteiger partial charge < -0.3 is 0 Å². The predicted octanol–water partition coefficient (Wildman–Crippen LogP) is 2.37. The van der Waals surface area contributed by atoms with Gasteiger partial charge in [0.1, 0.15) is 5.78 Å². The molecule has 0 radical (unpaired) electrons. The Hall–Kier alpha value is -1.12. The van der Waals surface area contributed by atoms with Crippen LogP contribution in [0.3, 0.4) is 0 Å². The molecular formula is C14H20N2O. The van der Waals surface area contributed by atoms with E-state index in [0.717, 1.165) is 29.8 Å². The molecule has 3 rings (SSSR count). The summed E-state index contributed by atoms with van der Waals surface area (Å²) < 4.78 is 1.96. The van der Waals surface area contributed by atoms with E-state index >= 15 is 0 Å². The molecule has 0 amide bonds. The van der Waals surface area contributed by atoms with E-state index in [9.17, 15) is 4.79 Å². The Morgan fingerprint density at radius 3 is 2.82 bits per heavy atom. The van der Waals surface area contributed by atoms with E-state index in [2.05, 4.69) is 18.1 Å². The molecule has 2 aliphatic carbocycles. The molecule has 92 valence electrons. The number of aromatic nitrogens is 2. The van der Waals surface area contributed by atoms with E-state index in [1.54, 1.807) is 0 Å². The summed E-state index contributed by atoms with van der Waals surface area (Å²) in [6.45, 7) is 4.92. The number of carbonyl (C=O) groups is 1. The third-order valence-electron chi connectivity index (χ3n) is 4.42. The first kappa shape index (κ1) is 11.0. The summed E-state index contributed by atoms with van der Waals surface area (Å²) in [5, 5.41) is 4.40. The second kappa shape index (κ2) is 3.97. The summed E-state index contributed by atoms with van der Waals surface area (Å²) >= 11 is 0. The van der Waals surface area contributed by atoms with Crippen LogP contribution in [-0.2, 0) is 17.8 Å². The van der Waals surface area contributed by atoms with Crippen LogP contribution < -0.4 is 0 Å². The number of nitrogens with zero attached hydrogens (tertiary/aromatic N) is 2. The molecule has 17 heavy (non-hydrogen) atoms. The van der Waals surface area contributed by atoms with Crippen LogP contribution in [0.1, 0.15) is 37.6 Å². The molecule has 0 aromatic carbocycles. The average molecular weight is 232 g/mol. The van der Waals surface area contributed by atoms with Gasteiger partial charge in [-0.1, -0.05) is 6.42 Å². The summed E-state index contributed by atoms with van der Waals surface area (Å²) in [5.41, 5.74) is 2.12. The highest BCUT2D eigenvalue weighted by atomic mass is 16.1. The fraction of sp³-hybridized carbons (Fsp3) is 0.714. The smallest absolute Gasteiger partial charge is 0.142 e.